The molecular weight excluding hydrogens is 164 g/mol. The molecule has 0 bridgehead atoms. The fourth-order valence-corrected chi connectivity index (χ4v) is 1.10. The van der Waals surface area contributed by atoms with Crippen LogP contribution in [-0.2, 0) is 5.41 Å². The Hall–Kier alpha value is -1.62. The van der Waals surface area contributed by atoms with Crippen molar-refractivity contribution in [3.63, 3.8) is 0 Å². The zero-order chi connectivity index (χ0) is 10.1. The zero-order valence-corrected chi connectivity index (χ0v) is 7.70. The van der Waals surface area contributed by atoms with E-state index in [4.69, 9.17) is 6.42 Å². The second-order valence-corrected chi connectivity index (χ2v) is 3.47. The second-order valence-electron chi connectivity index (χ2n) is 3.47. The average molecular weight is 176 g/mol. The summed E-state index contributed by atoms with van der Waals surface area (Å²) in [5.41, 5.74) is -0.00183. The van der Waals surface area contributed by atoms with E-state index >= 15 is 0 Å². The Labute approximate surface area is 77.8 Å². The summed E-state index contributed by atoms with van der Waals surface area (Å²) >= 11 is 0. The maximum absolute atomic E-state index is 9.50. The predicted molar refractivity (Wildman–Crippen MR) is 51.6 cm³/mol. The monoisotopic (exact) mass is 176 g/mol. The molecule has 13 heavy (non-hydrogen) atoms. The Bertz CT molecular complexity index is 359. The largest absolute Gasteiger partial charge is 0.508 e. The standard InChI is InChI=1S/C11H12O2/c1-4-11(2,3)9-7-8(12)5-6-10(9)13/h1,5-7,12-13H,2-3H3. The van der Waals surface area contributed by atoms with Gasteiger partial charge in [-0.2, -0.15) is 0 Å². The van der Waals surface area contributed by atoms with Crippen LogP contribution in [0.1, 0.15) is 19.4 Å². The van der Waals surface area contributed by atoms with E-state index in [1.165, 1.54) is 18.2 Å². The number of hydrogen-bond donors (Lipinski definition) is 2. The fourth-order valence-electron chi connectivity index (χ4n) is 1.10. The average Bonchev–Trinajstić information content (AvgIpc) is 2.09. The van der Waals surface area contributed by atoms with Crippen LogP contribution in [-0.4, -0.2) is 10.2 Å². The Morgan fingerprint density at radius 1 is 1.31 bits per heavy atom. The van der Waals surface area contributed by atoms with Crippen molar-refractivity contribution in [3.05, 3.63) is 23.8 Å². The van der Waals surface area contributed by atoms with Gasteiger partial charge in [0.05, 0.1) is 5.41 Å². The van der Waals surface area contributed by atoms with Crippen molar-refractivity contribution in [2.75, 3.05) is 0 Å². The van der Waals surface area contributed by atoms with E-state index in [9.17, 15) is 10.2 Å². The highest BCUT2D eigenvalue weighted by Gasteiger charge is 2.21. The van der Waals surface area contributed by atoms with Crippen LogP contribution in [0.2, 0.25) is 0 Å². The molecule has 68 valence electrons. The summed E-state index contributed by atoms with van der Waals surface area (Å²) in [6.07, 6.45) is 5.31. The first-order chi connectivity index (χ1) is 5.97. The predicted octanol–water partition coefficient (Wildman–Crippen LogP) is 2.01. The van der Waals surface area contributed by atoms with Crippen LogP contribution in [0.3, 0.4) is 0 Å². The van der Waals surface area contributed by atoms with Crippen molar-refractivity contribution in [1.82, 2.24) is 0 Å². The number of rotatable bonds is 1. The summed E-state index contributed by atoms with van der Waals surface area (Å²) in [6, 6.07) is 4.34. The van der Waals surface area contributed by atoms with Crippen LogP contribution in [0.15, 0.2) is 18.2 Å². The van der Waals surface area contributed by atoms with Gasteiger partial charge < -0.3 is 10.2 Å². The first-order valence-corrected chi connectivity index (χ1v) is 3.97. The smallest absolute Gasteiger partial charge is 0.120 e. The molecule has 0 aliphatic heterocycles. The van der Waals surface area contributed by atoms with Crippen LogP contribution in [0.4, 0.5) is 0 Å². The second kappa shape index (κ2) is 3.02. The van der Waals surface area contributed by atoms with Gasteiger partial charge in [0, 0.05) is 5.56 Å². The van der Waals surface area contributed by atoms with Gasteiger partial charge in [0.2, 0.25) is 0 Å². The summed E-state index contributed by atoms with van der Waals surface area (Å²) in [5.74, 6) is 2.77. The Morgan fingerprint density at radius 3 is 2.46 bits per heavy atom. The van der Waals surface area contributed by atoms with Crippen LogP contribution >= 0.6 is 0 Å². The molecule has 1 aromatic carbocycles. The fraction of sp³-hybridized carbons (Fsp3) is 0.273. The normalized spacial score (nSPS) is 10.8. The lowest BCUT2D eigenvalue weighted by atomic mass is 9.85. The lowest BCUT2D eigenvalue weighted by molar-refractivity contribution is 0.444. The number of terminal acetylenes is 1. The Kier molecular flexibility index (Phi) is 2.20. The number of hydrogen-bond acceptors (Lipinski definition) is 2. The van der Waals surface area contributed by atoms with Crippen LogP contribution in [0.25, 0.3) is 0 Å². The molecule has 2 heteroatoms. The molecule has 1 rings (SSSR count). The maximum atomic E-state index is 9.50. The molecule has 0 saturated heterocycles. The number of phenols is 2. The minimum atomic E-state index is -0.567. The minimum Gasteiger partial charge on any atom is -0.508 e. The number of aromatic hydroxyl groups is 2. The molecule has 0 fully saturated rings. The molecule has 0 aliphatic carbocycles. The van der Waals surface area contributed by atoms with Gasteiger partial charge in [0.25, 0.3) is 0 Å². The van der Waals surface area contributed by atoms with E-state index in [1.807, 2.05) is 13.8 Å². The van der Waals surface area contributed by atoms with Crippen molar-refractivity contribution in [2.45, 2.75) is 19.3 Å². The molecule has 0 aliphatic rings. The molecule has 0 radical (unpaired) electrons. The molecule has 0 unspecified atom stereocenters. The third-order valence-electron chi connectivity index (χ3n) is 2.01. The van der Waals surface area contributed by atoms with Gasteiger partial charge in [-0.1, -0.05) is 5.92 Å². The highest BCUT2D eigenvalue weighted by atomic mass is 16.3. The van der Waals surface area contributed by atoms with Crippen molar-refractivity contribution in [2.24, 2.45) is 0 Å². The summed E-state index contributed by atoms with van der Waals surface area (Å²) in [6.45, 7) is 3.61. The maximum Gasteiger partial charge on any atom is 0.120 e. The van der Waals surface area contributed by atoms with Crippen LogP contribution in [0, 0.1) is 12.3 Å². The number of phenolic OH excluding ortho intramolecular Hbond substituents is 2. The third-order valence-corrected chi connectivity index (χ3v) is 2.01. The SMILES string of the molecule is C#CC(C)(C)c1cc(O)ccc1O. The van der Waals surface area contributed by atoms with Gasteiger partial charge in [0.1, 0.15) is 11.5 Å². The van der Waals surface area contributed by atoms with E-state index < -0.39 is 5.41 Å². The highest BCUT2D eigenvalue weighted by Crippen LogP contribution is 2.32. The summed E-state index contributed by atoms with van der Waals surface area (Å²) in [5, 5.41) is 18.7. The van der Waals surface area contributed by atoms with Crippen LogP contribution in [0.5, 0.6) is 11.5 Å². The molecule has 0 aromatic heterocycles. The Balaban J connectivity index is 3.30. The van der Waals surface area contributed by atoms with Gasteiger partial charge in [-0.05, 0) is 32.0 Å². The van der Waals surface area contributed by atoms with E-state index in [0.29, 0.717) is 5.56 Å². The molecule has 1 aromatic rings. The van der Waals surface area contributed by atoms with E-state index in [2.05, 4.69) is 5.92 Å². The van der Waals surface area contributed by atoms with E-state index in [-0.39, 0.29) is 11.5 Å². The van der Waals surface area contributed by atoms with Gasteiger partial charge in [-0.25, -0.2) is 0 Å². The van der Waals surface area contributed by atoms with Crippen LogP contribution < -0.4 is 0 Å². The first-order valence-electron chi connectivity index (χ1n) is 3.97. The van der Waals surface area contributed by atoms with E-state index in [1.54, 1.807) is 0 Å². The van der Waals surface area contributed by atoms with Gasteiger partial charge in [-0.3, -0.25) is 0 Å². The molecule has 0 spiro atoms. The minimum absolute atomic E-state index is 0.108. The van der Waals surface area contributed by atoms with Crippen molar-refractivity contribution < 1.29 is 10.2 Å². The zero-order valence-electron chi connectivity index (χ0n) is 7.70. The number of benzene rings is 1. The van der Waals surface area contributed by atoms with Gasteiger partial charge >= 0.3 is 0 Å². The molecule has 0 amide bonds. The first kappa shape index (κ1) is 9.47. The van der Waals surface area contributed by atoms with Gasteiger partial charge in [0.15, 0.2) is 0 Å². The van der Waals surface area contributed by atoms with Crippen molar-refractivity contribution in [3.8, 4) is 23.8 Å². The topological polar surface area (TPSA) is 40.5 Å². The quantitative estimate of drug-likeness (QED) is 0.507. The lowest BCUT2D eigenvalue weighted by Crippen LogP contribution is -2.13. The van der Waals surface area contributed by atoms with Crippen molar-refractivity contribution >= 4 is 0 Å². The molecule has 2 nitrogen and oxygen atoms in total. The summed E-state index contributed by atoms with van der Waals surface area (Å²) in [7, 11) is 0. The van der Waals surface area contributed by atoms with E-state index in [0.717, 1.165) is 0 Å². The third kappa shape index (κ3) is 1.75. The summed E-state index contributed by atoms with van der Waals surface area (Å²) in [4.78, 5) is 0. The molecule has 0 saturated carbocycles. The molecule has 0 atom stereocenters. The van der Waals surface area contributed by atoms with Gasteiger partial charge in [-0.15, -0.1) is 6.42 Å². The molecule has 0 heterocycles. The summed E-state index contributed by atoms with van der Waals surface area (Å²) < 4.78 is 0. The lowest BCUT2D eigenvalue weighted by Gasteiger charge is -2.19. The Morgan fingerprint density at radius 2 is 1.92 bits per heavy atom. The molecular formula is C11H12O2. The highest BCUT2D eigenvalue weighted by molar-refractivity contribution is 5.46. The molecule has 2 N–H and O–H groups in total. The van der Waals surface area contributed by atoms with Crippen molar-refractivity contribution in [1.29, 1.82) is 0 Å².